The molecule has 0 unspecified atom stereocenters. The van der Waals surface area contributed by atoms with E-state index < -0.39 is 10.0 Å². The fourth-order valence-corrected chi connectivity index (χ4v) is 4.09. The van der Waals surface area contributed by atoms with Gasteiger partial charge in [0.1, 0.15) is 0 Å². The van der Waals surface area contributed by atoms with Crippen LogP contribution in [0.15, 0.2) is 11.0 Å². The van der Waals surface area contributed by atoms with Crippen molar-refractivity contribution in [2.24, 2.45) is 5.14 Å². The highest BCUT2D eigenvalue weighted by atomic mass is 32.2. The lowest BCUT2D eigenvalue weighted by atomic mass is 9.90. The summed E-state index contributed by atoms with van der Waals surface area (Å²) in [7, 11) is -2.07. The van der Waals surface area contributed by atoms with Crippen LogP contribution in [0.3, 0.4) is 0 Å². The van der Waals surface area contributed by atoms with Crippen LogP contribution in [-0.4, -0.2) is 32.3 Å². The zero-order valence-electron chi connectivity index (χ0n) is 12.9. The Hall–Kier alpha value is -1.40. The van der Waals surface area contributed by atoms with Gasteiger partial charge < -0.3 is 4.90 Å². The predicted octanol–water partition coefficient (Wildman–Crippen LogP) is 1.88. The van der Waals surface area contributed by atoms with Gasteiger partial charge in [0.05, 0.1) is 4.90 Å². The van der Waals surface area contributed by atoms with Crippen molar-refractivity contribution >= 4 is 15.9 Å². The fourth-order valence-electron chi connectivity index (χ4n) is 3.05. The maximum Gasteiger partial charge on any atom is 0.254 e. The third-order valence-corrected chi connectivity index (χ3v) is 5.54. The van der Waals surface area contributed by atoms with Gasteiger partial charge in [0, 0.05) is 18.7 Å². The topological polar surface area (TPSA) is 80.5 Å². The lowest BCUT2D eigenvalue weighted by Crippen LogP contribution is -2.42. The quantitative estimate of drug-likeness (QED) is 0.925. The number of sulfonamides is 1. The van der Waals surface area contributed by atoms with E-state index in [1.807, 2.05) is 6.92 Å². The summed E-state index contributed by atoms with van der Waals surface area (Å²) >= 11 is 0. The highest BCUT2D eigenvalue weighted by Gasteiger charge is 2.30. The first-order valence-corrected chi connectivity index (χ1v) is 8.60. The van der Waals surface area contributed by atoms with Crippen molar-refractivity contribution in [1.29, 1.82) is 0 Å². The smallest absolute Gasteiger partial charge is 0.254 e. The van der Waals surface area contributed by atoms with E-state index in [1.54, 1.807) is 31.9 Å². The minimum atomic E-state index is -3.85. The number of hydrogen-bond donors (Lipinski definition) is 1. The van der Waals surface area contributed by atoms with Gasteiger partial charge in [0.2, 0.25) is 10.0 Å². The van der Waals surface area contributed by atoms with E-state index in [9.17, 15) is 13.2 Å². The molecule has 0 atom stereocenters. The Morgan fingerprint density at radius 3 is 2.24 bits per heavy atom. The maximum absolute atomic E-state index is 12.7. The third-order valence-electron chi connectivity index (χ3n) is 4.34. The Bertz CT molecular complexity index is 691. The molecule has 1 aromatic carbocycles. The Kier molecular flexibility index (Phi) is 4.13. The summed E-state index contributed by atoms with van der Waals surface area (Å²) in [4.78, 5) is 14.5. The van der Waals surface area contributed by atoms with Gasteiger partial charge in [-0.1, -0.05) is 6.07 Å². The SMILES string of the molecule is Cc1cc(C)c(S(N)(=O)=O)c(C)c1C(=O)N(C)C1CCC1. The minimum Gasteiger partial charge on any atom is -0.339 e. The first-order valence-electron chi connectivity index (χ1n) is 7.05. The van der Waals surface area contributed by atoms with Crippen molar-refractivity contribution in [2.45, 2.75) is 51.0 Å². The highest BCUT2D eigenvalue weighted by Crippen LogP contribution is 2.29. The number of hydrogen-bond acceptors (Lipinski definition) is 3. The monoisotopic (exact) mass is 310 g/mol. The van der Waals surface area contributed by atoms with Crippen molar-refractivity contribution in [3.05, 3.63) is 28.3 Å². The Balaban J connectivity index is 2.56. The van der Waals surface area contributed by atoms with Crippen LogP contribution < -0.4 is 5.14 Å². The van der Waals surface area contributed by atoms with Crippen LogP contribution in [0.25, 0.3) is 0 Å². The van der Waals surface area contributed by atoms with E-state index in [2.05, 4.69) is 0 Å². The van der Waals surface area contributed by atoms with Crippen LogP contribution in [0.1, 0.15) is 46.3 Å². The number of primary sulfonamides is 1. The number of benzene rings is 1. The average molecular weight is 310 g/mol. The van der Waals surface area contributed by atoms with Crippen LogP contribution in [0, 0.1) is 20.8 Å². The molecule has 0 saturated heterocycles. The van der Waals surface area contributed by atoms with Gasteiger partial charge in [-0.05, 0) is 56.7 Å². The molecule has 1 aromatic rings. The number of carbonyl (C=O) groups excluding carboxylic acids is 1. The molecule has 1 amide bonds. The third kappa shape index (κ3) is 2.82. The van der Waals surface area contributed by atoms with E-state index in [0.717, 1.165) is 24.8 Å². The number of rotatable bonds is 3. The zero-order valence-corrected chi connectivity index (χ0v) is 13.8. The molecule has 5 nitrogen and oxygen atoms in total. The van der Waals surface area contributed by atoms with Crippen molar-refractivity contribution in [1.82, 2.24) is 4.90 Å². The molecular weight excluding hydrogens is 288 g/mol. The molecule has 0 radical (unpaired) electrons. The first kappa shape index (κ1) is 16.0. The molecule has 21 heavy (non-hydrogen) atoms. The summed E-state index contributed by atoms with van der Waals surface area (Å²) < 4.78 is 23.6. The average Bonchev–Trinajstić information content (AvgIpc) is 2.22. The molecule has 1 fully saturated rings. The van der Waals surface area contributed by atoms with E-state index in [0.29, 0.717) is 16.7 Å². The van der Waals surface area contributed by atoms with E-state index in [4.69, 9.17) is 5.14 Å². The molecule has 0 aliphatic heterocycles. The summed E-state index contributed by atoms with van der Waals surface area (Å²) in [5, 5.41) is 5.30. The van der Waals surface area contributed by atoms with E-state index >= 15 is 0 Å². The molecule has 0 bridgehead atoms. The highest BCUT2D eigenvalue weighted by molar-refractivity contribution is 7.89. The van der Waals surface area contributed by atoms with Crippen LogP contribution >= 0.6 is 0 Å². The summed E-state index contributed by atoms with van der Waals surface area (Å²) in [5.41, 5.74) is 2.27. The van der Waals surface area contributed by atoms with Crippen LogP contribution in [0.4, 0.5) is 0 Å². The Labute approximate surface area is 126 Å². The largest absolute Gasteiger partial charge is 0.339 e. The van der Waals surface area contributed by atoms with Gasteiger partial charge in [0.15, 0.2) is 0 Å². The molecule has 2 rings (SSSR count). The number of amides is 1. The molecule has 0 heterocycles. The van der Waals surface area contributed by atoms with Crippen molar-refractivity contribution in [3.8, 4) is 0 Å². The molecular formula is C15H22N2O3S. The van der Waals surface area contributed by atoms with E-state index in [-0.39, 0.29) is 16.8 Å². The summed E-state index contributed by atoms with van der Waals surface area (Å²) in [5.74, 6) is -0.125. The van der Waals surface area contributed by atoms with Crippen molar-refractivity contribution in [3.63, 3.8) is 0 Å². The van der Waals surface area contributed by atoms with Crippen LogP contribution in [0.2, 0.25) is 0 Å². The molecule has 6 heteroatoms. The van der Waals surface area contributed by atoms with Gasteiger partial charge in [-0.25, -0.2) is 13.6 Å². The summed E-state index contributed by atoms with van der Waals surface area (Å²) in [6, 6.07) is 1.98. The van der Waals surface area contributed by atoms with Gasteiger partial charge in [-0.15, -0.1) is 0 Å². The number of carbonyl (C=O) groups is 1. The zero-order chi connectivity index (χ0) is 15.9. The van der Waals surface area contributed by atoms with Crippen molar-refractivity contribution in [2.75, 3.05) is 7.05 Å². The summed E-state index contributed by atoms with van der Waals surface area (Å²) in [6.07, 6.45) is 3.15. The maximum atomic E-state index is 12.7. The Morgan fingerprint density at radius 2 is 1.81 bits per heavy atom. The number of nitrogens with two attached hydrogens (primary N) is 1. The van der Waals surface area contributed by atoms with Crippen LogP contribution in [-0.2, 0) is 10.0 Å². The van der Waals surface area contributed by atoms with Gasteiger partial charge in [0.25, 0.3) is 5.91 Å². The van der Waals surface area contributed by atoms with Gasteiger partial charge in [-0.3, -0.25) is 4.79 Å². The second-order valence-electron chi connectivity index (χ2n) is 5.89. The van der Waals surface area contributed by atoms with Gasteiger partial charge in [-0.2, -0.15) is 0 Å². The minimum absolute atomic E-state index is 0.0680. The Morgan fingerprint density at radius 1 is 1.24 bits per heavy atom. The fraction of sp³-hybridized carbons (Fsp3) is 0.533. The molecule has 116 valence electrons. The number of aryl methyl sites for hydroxylation is 2. The normalized spacial score (nSPS) is 15.7. The standard InChI is InChI=1S/C15H22N2O3S/c1-9-8-10(2)14(21(16,19)20)11(3)13(9)15(18)17(4)12-6-5-7-12/h8,12H,5-7H2,1-4H3,(H2,16,19,20). The number of nitrogens with zero attached hydrogens (tertiary/aromatic N) is 1. The van der Waals surface area contributed by atoms with Gasteiger partial charge >= 0.3 is 0 Å². The molecule has 0 aromatic heterocycles. The molecule has 2 N–H and O–H groups in total. The lowest BCUT2D eigenvalue weighted by molar-refractivity contribution is 0.0650. The second kappa shape index (κ2) is 5.42. The van der Waals surface area contributed by atoms with Crippen molar-refractivity contribution < 1.29 is 13.2 Å². The second-order valence-corrected chi connectivity index (χ2v) is 7.38. The first-order chi connectivity index (χ1) is 9.64. The molecule has 1 aliphatic carbocycles. The molecule has 1 aliphatic rings. The predicted molar refractivity (Wildman–Crippen MR) is 81.8 cm³/mol. The van der Waals surface area contributed by atoms with Crippen LogP contribution in [0.5, 0.6) is 0 Å². The van der Waals surface area contributed by atoms with E-state index in [1.165, 1.54) is 0 Å². The lowest BCUT2D eigenvalue weighted by Gasteiger charge is -2.35. The molecule has 1 saturated carbocycles. The molecule has 0 spiro atoms. The summed E-state index contributed by atoms with van der Waals surface area (Å²) in [6.45, 7) is 5.18.